The Bertz CT molecular complexity index is 687. The number of nitrogens with zero attached hydrogens (tertiary/aromatic N) is 1. The Labute approximate surface area is 125 Å². The summed E-state index contributed by atoms with van der Waals surface area (Å²) in [5, 5.41) is -4.61. The monoisotopic (exact) mass is 332 g/mol. The van der Waals surface area contributed by atoms with Gasteiger partial charge in [-0.05, 0) is 36.0 Å². The van der Waals surface area contributed by atoms with Crippen molar-refractivity contribution in [1.82, 2.24) is 9.97 Å². The van der Waals surface area contributed by atoms with Crippen molar-refractivity contribution < 1.29 is 26.4 Å². The molecule has 0 aromatic carbocycles. The van der Waals surface area contributed by atoms with Crippen LogP contribution in [0.25, 0.3) is 22.9 Å². The molecule has 3 heterocycles. The van der Waals surface area contributed by atoms with Crippen LogP contribution in [0.15, 0.2) is 50.8 Å². The lowest BCUT2D eigenvalue weighted by atomic mass is 10.2. The molecule has 0 aliphatic carbocycles. The molecule has 0 aliphatic heterocycles. The van der Waals surface area contributed by atoms with Crippen molar-refractivity contribution in [3.8, 4) is 22.9 Å². The number of hydrogen-bond donors (Lipinski definition) is 1. The molecule has 1 N–H and O–H groups in total. The lowest BCUT2D eigenvalue weighted by Gasteiger charge is -2.11. The summed E-state index contributed by atoms with van der Waals surface area (Å²) in [6.45, 7) is 0. The molecule has 3 rings (SSSR count). The molecular formula is C13H8F4N2O2S. The number of rotatable bonds is 5. The average molecular weight is 332 g/mol. The van der Waals surface area contributed by atoms with Crippen LogP contribution in [0, 0.1) is 0 Å². The van der Waals surface area contributed by atoms with Gasteiger partial charge in [-0.25, -0.2) is 13.8 Å². The van der Waals surface area contributed by atoms with Crippen molar-refractivity contribution in [3.05, 3.63) is 36.8 Å². The van der Waals surface area contributed by atoms with Crippen molar-refractivity contribution in [2.75, 3.05) is 0 Å². The van der Waals surface area contributed by atoms with Gasteiger partial charge in [-0.1, -0.05) is 0 Å². The fourth-order valence-electron chi connectivity index (χ4n) is 1.76. The van der Waals surface area contributed by atoms with Gasteiger partial charge < -0.3 is 13.8 Å². The molecule has 0 bridgehead atoms. The first-order chi connectivity index (χ1) is 10.5. The van der Waals surface area contributed by atoms with Crippen LogP contribution in [0.3, 0.4) is 0 Å². The molecule has 0 unspecified atom stereocenters. The van der Waals surface area contributed by atoms with Gasteiger partial charge in [0.2, 0.25) is 0 Å². The maximum Gasteiger partial charge on any atom is 0.360 e. The Kier molecular flexibility index (Phi) is 3.73. The van der Waals surface area contributed by atoms with E-state index in [4.69, 9.17) is 8.83 Å². The SMILES string of the molecule is FC(F)C(F)(F)Sc1nc(-c2ccco2)c(-c2ccco2)[nH]1. The zero-order valence-corrected chi connectivity index (χ0v) is 11.5. The van der Waals surface area contributed by atoms with E-state index in [1.165, 1.54) is 12.5 Å². The number of alkyl halides is 4. The molecule has 9 heteroatoms. The van der Waals surface area contributed by atoms with Crippen molar-refractivity contribution in [2.24, 2.45) is 0 Å². The minimum Gasteiger partial charge on any atom is -0.463 e. The minimum atomic E-state index is -4.25. The second-order valence-electron chi connectivity index (χ2n) is 4.18. The Morgan fingerprint density at radius 1 is 1.09 bits per heavy atom. The number of aromatic amines is 1. The number of H-pyrrole nitrogens is 1. The Morgan fingerprint density at radius 3 is 2.27 bits per heavy atom. The maximum atomic E-state index is 13.2. The summed E-state index contributed by atoms with van der Waals surface area (Å²) in [6.07, 6.45) is -1.03. The van der Waals surface area contributed by atoms with Gasteiger partial charge in [0.25, 0.3) is 0 Å². The summed E-state index contributed by atoms with van der Waals surface area (Å²) in [5.41, 5.74) is 0.472. The molecule has 4 nitrogen and oxygen atoms in total. The minimum absolute atomic E-state index is 0.201. The van der Waals surface area contributed by atoms with Crippen LogP contribution in [0.1, 0.15) is 0 Å². The Hall–Kier alpha value is -2.16. The Morgan fingerprint density at radius 2 is 1.73 bits per heavy atom. The predicted molar refractivity (Wildman–Crippen MR) is 70.8 cm³/mol. The molecule has 3 aromatic heterocycles. The van der Waals surface area contributed by atoms with Crippen LogP contribution in [0.5, 0.6) is 0 Å². The largest absolute Gasteiger partial charge is 0.463 e. The molecule has 0 radical (unpaired) electrons. The first kappa shape index (κ1) is 14.8. The lowest BCUT2D eigenvalue weighted by molar-refractivity contribution is -0.0565. The number of furan rings is 2. The summed E-state index contributed by atoms with van der Waals surface area (Å²) in [6, 6.07) is 6.35. The first-order valence-corrected chi connectivity index (χ1v) is 6.82. The number of thioether (sulfide) groups is 1. The van der Waals surface area contributed by atoms with Gasteiger partial charge in [-0.3, -0.25) is 0 Å². The highest BCUT2D eigenvalue weighted by Gasteiger charge is 2.43. The fraction of sp³-hybridized carbons (Fsp3) is 0.154. The van der Waals surface area contributed by atoms with E-state index in [-0.39, 0.29) is 28.3 Å². The predicted octanol–water partition coefficient (Wildman–Crippen LogP) is 4.88. The van der Waals surface area contributed by atoms with Crippen molar-refractivity contribution >= 4 is 11.8 Å². The molecule has 0 atom stereocenters. The molecule has 3 aromatic rings. The molecule has 116 valence electrons. The third-order valence-electron chi connectivity index (χ3n) is 2.69. The summed E-state index contributed by atoms with van der Waals surface area (Å²) < 4.78 is 61.3. The van der Waals surface area contributed by atoms with E-state index in [1.54, 1.807) is 24.3 Å². The third kappa shape index (κ3) is 2.76. The lowest BCUT2D eigenvalue weighted by Crippen LogP contribution is -2.21. The summed E-state index contributed by atoms with van der Waals surface area (Å²) >= 11 is -0.350. The van der Waals surface area contributed by atoms with Crippen LogP contribution in [0.4, 0.5) is 17.6 Å². The average Bonchev–Trinajstić information content (AvgIpc) is 3.19. The highest BCUT2D eigenvalue weighted by Crippen LogP contribution is 2.41. The molecular weight excluding hydrogens is 324 g/mol. The van der Waals surface area contributed by atoms with Crippen LogP contribution in [0.2, 0.25) is 0 Å². The summed E-state index contributed by atoms with van der Waals surface area (Å²) in [5.74, 6) is 0.626. The molecule has 0 saturated heterocycles. The number of imidazole rings is 1. The zero-order valence-electron chi connectivity index (χ0n) is 10.7. The van der Waals surface area contributed by atoms with Crippen LogP contribution < -0.4 is 0 Å². The van der Waals surface area contributed by atoms with E-state index in [2.05, 4.69) is 9.97 Å². The van der Waals surface area contributed by atoms with Gasteiger partial charge in [0, 0.05) is 0 Å². The van der Waals surface area contributed by atoms with E-state index >= 15 is 0 Å². The number of halogens is 4. The van der Waals surface area contributed by atoms with E-state index in [1.807, 2.05) is 0 Å². The molecule has 0 aliphatic rings. The molecule has 22 heavy (non-hydrogen) atoms. The normalized spacial score (nSPS) is 12.2. The number of hydrogen-bond acceptors (Lipinski definition) is 4. The molecule has 0 fully saturated rings. The highest BCUT2D eigenvalue weighted by molar-refractivity contribution is 8.00. The zero-order chi connectivity index (χ0) is 15.7. The second-order valence-corrected chi connectivity index (χ2v) is 5.32. The molecule has 0 amide bonds. The van der Waals surface area contributed by atoms with Crippen LogP contribution in [-0.4, -0.2) is 21.6 Å². The van der Waals surface area contributed by atoms with Gasteiger partial charge in [-0.2, -0.15) is 8.78 Å². The van der Waals surface area contributed by atoms with Crippen molar-refractivity contribution in [2.45, 2.75) is 16.8 Å². The van der Waals surface area contributed by atoms with E-state index in [9.17, 15) is 17.6 Å². The topological polar surface area (TPSA) is 55.0 Å². The Balaban J connectivity index is 2.02. The number of aromatic nitrogens is 2. The summed E-state index contributed by atoms with van der Waals surface area (Å²) in [4.78, 5) is 6.48. The second kappa shape index (κ2) is 5.56. The highest BCUT2D eigenvalue weighted by atomic mass is 32.2. The van der Waals surface area contributed by atoms with Gasteiger partial charge in [-0.15, -0.1) is 0 Å². The van der Waals surface area contributed by atoms with Crippen LogP contribution in [-0.2, 0) is 0 Å². The van der Waals surface area contributed by atoms with E-state index in [0.29, 0.717) is 11.5 Å². The first-order valence-electron chi connectivity index (χ1n) is 6.00. The van der Waals surface area contributed by atoms with E-state index in [0.717, 1.165) is 0 Å². The fourth-order valence-corrected chi connectivity index (χ4v) is 2.40. The standard InChI is InChI=1S/C13H8F4N2O2S/c14-11(15)13(16,17)22-12-18-9(7-3-1-5-20-7)10(19-12)8-4-2-6-21-8/h1-6,11H,(H,18,19). The van der Waals surface area contributed by atoms with Crippen LogP contribution >= 0.6 is 11.8 Å². The molecule has 0 spiro atoms. The quantitative estimate of drug-likeness (QED) is 0.534. The third-order valence-corrected chi connectivity index (χ3v) is 3.53. The van der Waals surface area contributed by atoms with Gasteiger partial charge in [0.05, 0.1) is 12.5 Å². The maximum absolute atomic E-state index is 13.2. The van der Waals surface area contributed by atoms with Gasteiger partial charge in [0.1, 0.15) is 11.4 Å². The van der Waals surface area contributed by atoms with Gasteiger partial charge >= 0.3 is 11.7 Å². The van der Waals surface area contributed by atoms with Gasteiger partial charge in [0.15, 0.2) is 16.7 Å². The van der Waals surface area contributed by atoms with E-state index < -0.39 is 11.7 Å². The van der Waals surface area contributed by atoms with Crippen molar-refractivity contribution in [1.29, 1.82) is 0 Å². The molecule has 0 saturated carbocycles. The smallest absolute Gasteiger partial charge is 0.360 e. The number of nitrogens with one attached hydrogen (secondary N) is 1. The summed E-state index contributed by atoms with van der Waals surface area (Å²) in [7, 11) is 0. The van der Waals surface area contributed by atoms with Crippen molar-refractivity contribution in [3.63, 3.8) is 0 Å².